The van der Waals surface area contributed by atoms with E-state index >= 15 is 0 Å². The summed E-state index contributed by atoms with van der Waals surface area (Å²) in [6, 6.07) is 13.0. The minimum absolute atomic E-state index is 0. The zero-order valence-corrected chi connectivity index (χ0v) is 20.0. The lowest BCUT2D eigenvalue weighted by atomic mass is 10.1. The molecule has 6 nitrogen and oxygen atoms in total. The molecular weight excluding hydrogens is 457 g/mol. The van der Waals surface area contributed by atoms with E-state index in [4.69, 9.17) is 26.1 Å². The lowest BCUT2D eigenvalue weighted by Crippen LogP contribution is -2.51. The third-order valence-electron chi connectivity index (χ3n) is 4.91. The molecule has 0 fully saturated rings. The summed E-state index contributed by atoms with van der Waals surface area (Å²) in [6.07, 6.45) is -0.337. The average molecular weight is 482 g/mol. The van der Waals surface area contributed by atoms with Gasteiger partial charge < -0.3 is 14.4 Å². The van der Waals surface area contributed by atoms with Crippen LogP contribution in [0.25, 0.3) is 10.2 Å². The number of ether oxygens (including phenoxy) is 2. The highest BCUT2D eigenvalue weighted by atomic mass is 35.5. The number of hydrogen-bond acceptors (Lipinski definition) is 6. The van der Waals surface area contributed by atoms with Gasteiger partial charge in [0.1, 0.15) is 6.10 Å². The molecule has 0 radical (unpaired) electrons. The number of amides is 1. The Bertz CT molecular complexity index is 1060. The number of carbonyl (C=O) groups excluding carboxylic acids is 1. The van der Waals surface area contributed by atoms with Gasteiger partial charge in [0, 0.05) is 11.6 Å². The van der Waals surface area contributed by atoms with Crippen molar-refractivity contribution in [2.24, 2.45) is 0 Å². The molecule has 2 heterocycles. The molecule has 9 heteroatoms. The van der Waals surface area contributed by atoms with Gasteiger partial charge in [-0.05, 0) is 64.3 Å². The molecule has 31 heavy (non-hydrogen) atoms. The summed E-state index contributed by atoms with van der Waals surface area (Å²) in [7, 11) is 4.03. The van der Waals surface area contributed by atoms with Crippen molar-refractivity contribution in [1.29, 1.82) is 0 Å². The Morgan fingerprint density at radius 2 is 1.84 bits per heavy atom. The SMILES string of the molecule is CC1Oc2ccccc2OC1C(=O)N(CCCN(C)C)c1nc2ccc(Cl)cc2s1.Cl. The van der Waals surface area contributed by atoms with E-state index in [0.29, 0.717) is 28.2 Å². The normalized spacial score (nSPS) is 17.5. The van der Waals surface area contributed by atoms with Crippen LogP contribution >= 0.6 is 35.3 Å². The van der Waals surface area contributed by atoms with Crippen LogP contribution in [0, 0.1) is 0 Å². The Balaban J connectivity index is 0.00000272. The van der Waals surface area contributed by atoms with Gasteiger partial charge in [0.15, 0.2) is 16.6 Å². The number of rotatable bonds is 6. The number of hydrogen-bond donors (Lipinski definition) is 0. The van der Waals surface area contributed by atoms with Gasteiger partial charge in [-0.15, -0.1) is 12.4 Å². The molecule has 0 aliphatic carbocycles. The summed E-state index contributed by atoms with van der Waals surface area (Å²) in [6.45, 7) is 3.26. The van der Waals surface area contributed by atoms with Gasteiger partial charge in [0.05, 0.1) is 10.2 Å². The largest absolute Gasteiger partial charge is 0.482 e. The Morgan fingerprint density at radius 3 is 2.55 bits per heavy atom. The molecule has 166 valence electrons. The number of aromatic nitrogens is 1. The molecule has 1 aromatic heterocycles. The van der Waals surface area contributed by atoms with Crippen LogP contribution in [0.15, 0.2) is 42.5 Å². The highest BCUT2D eigenvalue weighted by molar-refractivity contribution is 7.22. The van der Waals surface area contributed by atoms with E-state index in [-0.39, 0.29) is 18.3 Å². The summed E-state index contributed by atoms with van der Waals surface area (Å²) in [5, 5.41) is 1.29. The number of carbonyl (C=O) groups is 1. The number of anilines is 1. The van der Waals surface area contributed by atoms with Crippen molar-refractivity contribution in [2.45, 2.75) is 25.6 Å². The maximum Gasteiger partial charge on any atom is 0.273 e. The molecule has 3 aromatic rings. The number of thiazole rings is 1. The molecule has 1 amide bonds. The number of nitrogens with zero attached hydrogens (tertiary/aromatic N) is 3. The molecule has 2 aromatic carbocycles. The predicted octanol–water partition coefficient (Wildman–Crippen LogP) is 4.88. The van der Waals surface area contributed by atoms with Gasteiger partial charge in [-0.25, -0.2) is 4.98 Å². The highest BCUT2D eigenvalue weighted by Crippen LogP contribution is 2.36. The number of halogens is 2. The van der Waals surface area contributed by atoms with E-state index in [9.17, 15) is 4.79 Å². The van der Waals surface area contributed by atoms with Crippen LogP contribution in [0.4, 0.5) is 5.13 Å². The molecular formula is C22H25Cl2N3O3S. The number of para-hydroxylation sites is 2. The fourth-order valence-electron chi connectivity index (χ4n) is 3.39. The van der Waals surface area contributed by atoms with Crippen molar-refractivity contribution in [3.8, 4) is 11.5 Å². The van der Waals surface area contributed by atoms with Gasteiger partial charge in [0.25, 0.3) is 5.91 Å². The number of fused-ring (bicyclic) bond motifs is 2. The van der Waals surface area contributed by atoms with Crippen LogP contribution in [-0.4, -0.2) is 55.2 Å². The van der Waals surface area contributed by atoms with Crippen LogP contribution in [0.5, 0.6) is 11.5 Å². The van der Waals surface area contributed by atoms with Crippen molar-refractivity contribution < 1.29 is 14.3 Å². The van der Waals surface area contributed by atoms with Crippen molar-refractivity contribution in [1.82, 2.24) is 9.88 Å². The first-order valence-corrected chi connectivity index (χ1v) is 11.1. The Labute approximate surface area is 197 Å². The van der Waals surface area contributed by atoms with Crippen LogP contribution in [0.2, 0.25) is 5.02 Å². The van der Waals surface area contributed by atoms with Gasteiger partial charge >= 0.3 is 0 Å². The zero-order valence-electron chi connectivity index (χ0n) is 17.6. The average Bonchev–Trinajstić information content (AvgIpc) is 3.12. The second kappa shape index (κ2) is 10.0. The molecule has 4 rings (SSSR count). The third-order valence-corrected chi connectivity index (χ3v) is 6.19. The molecule has 0 bridgehead atoms. The van der Waals surface area contributed by atoms with Crippen LogP contribution in [-0.2, 0) is 4.79 Å². The molecule has 2 unspecified atom stereocenters. The lowest BCUT2D eigenvalue weighted by Gasteiger charge is -2.33. The maximum absolute atomic E-state index is 13.6. The molecule has 1 aliphatic heterocycles. The topological polar surface area (TPSA) is 54.9 Å². The molecule has 0 spiro atoms. The molecule has 2 atom stereocenters. The van der Waals surface area contributed by atoms with Crippen molar-refractivity contribution in [2.75, 3.05) is 32.1 Å². The molecule has 1 aliphatic rings. The van der Waals surface area contributed by atoms with Gasteiger partial charge in [-0.3, -0.25) is 9.69 Å². The van der Waals surface area contributed by atoms with Gasteiger partial charge in [-0.1, -0.05) is 35.1 Å². The second-order valence-electron chi connectivity index (χ2n) is 7.56. The minimum atomic E-state index is -0.741. The fourth-order valence-corrected chi connectivity index (χ4v) is 4.66. The molecule has 0 saturated carbocycles. The standard InChI is InChI=1S/C22H24ClN3O3S.ClH/c1-14-20(29-18-8-5-4-7-17(18)28-14)21(27)26(12-6-11-25(2)3)22-24-16-10-9-15(23)13-19(16)30-22;/h4-5,7-10,13-14,20H,6,11-12H2,1-3H3;1H. The molecule has 0 saturated heterocycles. The van der Waals surface area contributed by atoms with Gasteiger partial charge in [-0.2, -0.15) is 0 Å². The summed E-state index contributed by atoms with van der Waals surface area (Å²) in [5.74, 6) is 1.09. The van der Waals surface area contributed by atoms with E-state index in [1.165, 1.54) is 11.3 Å². The van der Waals surface area contributed by atoms with E-state index in [0.717, 1.165) is 23.2 Å². The zero-order chi connectivity index (χ0) is 21.3. The summed E-state index contributed by atoms with van der Waals surface area (Å²) < 4.78 is 13.0. The van der Waals surface area contributed by atoms with E-state index in [1.54, 1.807) is 4.90 Å². The van der Waals surface area contributed by atoms with Crippen LogP contribution < -0.4 is 14.4 Å². The van der Waals surface area contributed by atoms with E-state index in [1.807, 2.05) is 63.5 Å². The lowest BCUT2D eigenvalue weighted by molar-refractivity contribution is -0.130. The van der Waals surface area contributed by atoms with Crippen LogP contribution in [0.1, 0.15) is 13.3 Å². The van der Waals surface area contributed by atoms with E-state index < -0.39 is 12.2 Å². The smallest absolute Gasteiger partial charge is 0.273 e. The monoisotopic (exact) mass is 481 g/mol. The van der Waals surface area contributed by atoms with Crippen molar-refractivity contribution in [3.63, 3.8) is 0 Å². The Kier molecular flexibility index (Phi) is 7.64. The Morgan fingerprint density at radius 1 is 1.13 bits per heavy atom. The third kappa shape index (κ3) is 5.23. The van der Waals surface area contributed by atoms with Gasteiger partial charge in [0.2, 0.25) is 6.10 Å². The van der Waals surface area contributed by atoms with Crippen LogP contribution in [0.3, 0.4) is 0 Å². The Hall–Kier alpha value is -2.06. The molecule has 0 N–H and O–H groups in total. The number of benzene rings is 2. The minimum Gasteiger partial charge on any atom is -0.482 e. The first-order valence-electron chi connectivity index (χ1n) is 9.87. The summed E-state index contributed by atoms with van der Waals surface area (Å²) in [5.41, 5.74) is 0.823. The highest BCUT2D eigenvalue weighted by Gasteiger charge is 2.38. The van der Waals surface area contributed by atoms with Crippen molar-refractivity contribution >= 4 is 56.6 Å². The predicted molar refractivity (Wildman–Crippen MR) is 128 cm³/mol. The summed E-state index contributed by atoms with van der Waals surface area (Å²) in [4.78, 5) is 22.1. The second-order valence-corrected chi connectivity index (χ2v) is 9.01. The summed E-state index contributed by atoms with van der Waals surface area (Å²) >= 11 is 7.59. The maximum atomic E-state index is 13.6. The van der Waals surface area contributed by atoms with Crippen molar-refractivity contribution in [3.05, 3.63) is 47.5 Å². The fraction of sp³-hybridized carbons (Fsp3) is 0.364. The quantitative estimate of drug-likeness (QED) is 0.501. The first-order chi connectivity index (χ1) is 14.4. The first kappa shape index (κ1) is 23.6. The van der Waals surface area contributed by atoms with E-state index in [2.05, 4.69) is 4.90 Å².